The van der Waals surface area contributed by atoms with Gasteiger partial charge in [0.1, 0.15) is 23.3 Å². The number of carbonyl (C=O) groups excluding carboxylic acids is 3. The molecule has 5 nitrogen and oxygen atoms in total. The molecule has 2 heterocycles. The van der Waals surface area contributed by atoms with Gasteiger partial charge >= 0.3 is 0 Å². The van der Waals surface area contributed by atoms with Gasteiger partial charge in [0.15, 0.2) is 0 Å². The van der Waals surface area contributed by atoms with E-state index in [9.17, 15) is 14.4 Å². The Morgan fingerprint density at radius 2 is 1.09 bits per heavy atom. The lowest BCUT2D eigenvalue weighted by Crippen LogP contribution is -2.26. The van der Waals surface area contributed by atoms with Crippen LogP contribution in [-0.4, -0.2) is 27.3 Å². The molecular formula is C17H18N2O3. The number of nitrogens with zero attached hydrogens (tertiary/aromatic N) is 2. The summed E-state index contributed by atoms with van der Waals surface area (Å²) >= 11 is 0. The minimum absolute atomic E-state index is 0.375. The molecule has 0 saturated carbocycles. The Balaban J connectivity index is 0.000000225. The first-order valence-electron chi connectivity index (χ1n) is 6.77. The van der Waals surface area contributed by atoms with E-state index in [1.165, 1.54) is 20.8 Å². The average Bonchev–Trinajstić information content (AvgIpc) is 2.48. The fourth-order valence-corrected chi connectivity index (χ4v) is 1.89. The number of aromatic nitrogens is 2. The van der Waals surface area contributed by atoms with Gasteiger partial charge in [-0.2, -0.15) is 0 Å². The fourth-order valence-electron chi connectivity index (χ4n) is 1.89. The van der Waals surface area contributed by atoms with Gasteiger partial charge in [0, 0.05) is 12.4 Å². The van der Waals surface area contributed by atoms with Crippen LogP contribution in [0.4, 0.5) is 0 Å². The van der Waals surface area contributed by atoms with Crippen LogP contribution >= 0.6 is 0 Å². The third-order valence-corrected chi connectivity index (χ3v) is 2.81. The van der Waals surface area contributed by atoms with Crippen LogP contribution in [-0.2, 0) is 14.4 Å². The Hall–Kier alpha value is -2.69. The first-order valence-corrected chi connectivity index (χ1v) is 6.77. The van der Waals surface area contributed by atoms with Crippen molar-refractivity contribution in [3.05, 3.63) is 48.8 Å². The standard InChI is InChI=1S/C10H8N2.C7H10O3/c1-3-7-11-9(5-1)10-6-2-4-8-12-10;1-4(8)7(5(2)9)6(3)10/h1-8H;7H,1-3H3. The maximum Gasteiger partial charge on any atom is 0.147 e. The van der Waals surface area contributed by atoms with E-state index in [1.54, 1.807) is 12.4 Å². The molecular weight excluding hydrogens is 280 g/mol. The summed E-state index contributed by atoms with van der Waals surface area (Å²) in [6.07, 6.45) is 3.54. The van der Waals surface area contributed by atoms with Crippen LogP contribution < -0.4 is 0 Å². The van der Waals surface area contributed by atoms with E-state index in [-0.39, 0.29) is 17.3 Å². The van der Waals surface area contributed by atoms with Gasteiger partial charge in [-0.05, 0) is 45.0 Å². The summed E-state index contributed by atoms with van der Waals surface area (Å²) in [6.45, 7) is 3.73. The van der Waals surface area contributed by atoms with Crippen LogP contribution in [0, 0.1) is 5.92 Å². The summed E-state index contributed by atoms with van der Waals surface area (Å²) in [5, 5.41) is 0. The number of carbonyl (C=O) groups is 3. The van der Waals surface area contributed by atoms with Crippen molar-refractivity contribution in [3.8, 4) is 11.4 Å². The molecule has 0 radical (unpaired) electrons. The molecule has 0 saturated heterocycles. The van der Waals surface area contributed by atoms with Crippen molar-refractivity contribution in [3.63, 3.8) is 0 Å². The van der Waals surface area contributed by atoms with Crippen LogP contribution in [0.15, 0.2) is 48.8 Å². The minimum Gasteiger partial charge on any atom is -0.299 e. The summed E-state index contributed by atoms with van der Waals surface area (Å²) in [6, 6.07) is 11.6. The molecule has 0 spiro atoms. The third kappa shape index (κ3) is 5.36. The number of hydrogen-bond acceptors (Lipinski definition) is 5. The molecule has 0 N–H and O–H groups in total. The molecule has 2 aromatic rings. The van der Waals surface area contributed by atoms with Crippen molar-refractivity contribution in [2.75, 3.05) is 0 Å². The first kappa shape index (κ1) is 17.4. The van der Waals surface area contributed by atoms with Gasteiger partial charge in [-0.25, -0.2) is 0 Å². The van der Waals surface area contributed by atoms with Crippen LogP contribution in [0.2, 0.25) is 0 Å². The van der Waals surface area contributed by atoms with Gasteiger partial charge in [0.05, 0.1) is 11.4 Å². The van der Waals surface area contributed by atoms with E-state index in [0.717, 1.165) is 11.4 Å². The van der Waals surface area contributed by atoms with Crippen molar-refractivity contribution >= 4 is 17.3 Å². The SMILES string of the molecule is CC(=O)C(C(C)=O)C(C)=O.c1ccc(-c2ccccn2)nc1. The van der Waals surface area contributed by atoms with E-state index in [0.29, 0.717) is 0 Å². The zero-order valence-corrected chi connectivity index (χ0v) is 12.8. The second-order valence-corrected chi connectivity index (χ2v) is 4.69. The molecule has 0 aliphatic carbocycles. The van der Waals surface area contributed by atoms with Gasteiger partial charge < -0.3 is 0 Å². The smallest absolute Gasteiger partial charge is 0.147 e. The van der Waals surface area contributed by atoms with E-state index in [4.69, 9.17) is 0 Å². The highest BCUT2D eigenvalue weighted by atomic mass is 16.2. The van der Waals surface area contributed by atoms with Crippen LogP contribution in [0.3, 0.4) is 0 Å². The van der Waals surface area contributed by atoms with Crippen LogP contribution in [0.5, 0.6) is 0 Å². The largest absolute Gasteiger partial charge is 0.299 e. The third-order valence-electron chi connectivity index (χ3n) is 2.81. The molecule has 0 bridgehead atoms. The molecule has 0 amide bonds. The topological polar surface area (TPSA) is 77.0 Å². The van der Waals surface area contributed by atoms with Gasteiger partial charge in [-0.3, -0.25) is 24.4 Å². The summed E-state index contributed by atoms with van der Waals surface area (Å²) in [4.78, 5) is 40.1. The van der Waals surface area contributed by atoms with Gasteiger partial charge in [0.25, 0.3) is 0 Å². The molecule has 0 aliphatic rings. The predicted molar refractivity (Wildman–Crippen MR) is 83.0 cm³/mol. The summed E-state index contributed by atoms with van der Waals surface area (Å²) < 4.78 is 0. The summed E-state index contributed by atoms with van der Waals surface area (Å²) in [5.41, 5.74) is 1.83. The van der Waals surface area contributed by atoms with E-state index in [1.807, 2.05) is 36.4 Å². The molecule has 2 rings (SSSR count). The zero-order chi connectivity index (χ0) is 16.5. The lowest BCUT2D eigenvalue weighted by Gasteiger charge is -2.02. The maximum atomic E-state index is 10.6. The second-order valence-electron chi connectivity index (χ2n) is 4.69. The first-order chi connectivity index (χ1) is 10.4. The monoisotopic (exact) mass is 298 g/mol. The normalized spacial score (nSPS) is 9.64. The number of hydrogen-bond donors (Lipinski definition) is 0. The van der Waals surface area contributed by atoms with Crippen LogP contribution in [0.1, 0.15) is 20.8 Å². The van der Waals surface area contributed by atoms with Crippen molar-refractivity contribution in [2.45, 2.75) is 20.8 Å². The predicted octanol–water partition coefficient (Wildman–Crippen LogP) is 2.51. The number of Topliss-reactive ketones (excluding diaryl/α,β-unsaturated/α-hetero) is 3. The van der Waals surface area contributed by atoms with Gasteiger partial charge in [-0.15, -0.1) is 0 Å². The molecule has 0 atom stereocenters. The molecule has 2 aromatic heterocycles. The maximum absolute atomic E-state index is 10.6. The lowest BCUT2D eigenvalue weighted by molar-refractivity contribution is -0.137. The van der Waals surface area contributed by atoms with E-state index >= 15 is 0 Å². The minimum atomic E-state index is -1.03. The Bertz CT molecular complexity index is 569. The molecule has 5 heteroatoms. The Morgan fingerprint density at radius 3 is 1.27 bits per heavy atom. The fraction of sp³-hybridized carbons (Fsp3) is 0.235. The molecule has 0 unspecified atom stereocenters. The number of pyridine rings is 2. The highest BCUT2D eigenvalue weighted by molar-refractivity contribution is 6.17. The molecule has 0 fully saturated rings. The summed E-state index contributed by atoms with van der Waals surface area (Å²) in [7, 11) is 0. The Morgan fingerprint density at radius 1 is 0.727 bits per heavy atom. The molecule has 22 heavy (non-hydrogen) atoms. The number of rotatable bonds is 4. The highest BCUT2D eigenvalue weighted by Crippen LogP contribution is 2.10. The summed E-state index contributed by atoms with van der Waals surface area (Å²) in [5.74, 6) is -2.15. The van der Waals surface area contributed by atoms with Crippen molar-refractivity contribution < 1.29 is 14.4 Å². The molecule has 114 valence electrons. The lowest BCUT2D eigenvalue weighted by atomic mass is 9.97. The Labute approximate surface area is 129 Å². The van der Waals surface area contributed by atoms with Gasteiger partial charge in [0.2, 0.25) is 0 Å². The molecule has 0 aliphatic heterocycles. The van der Waals surface area contributed by atoms with Crippen LogP contribution in [0.25, 0.3) is 11.4 Å². The highest BCUT2D eigenvalue weighted by Gasteiger charge is 2.23. The van der Waals surface area contributed by atoms with Crippen molar-refractivity contribution in [1.29, 1.82) is 0 Å². The van der Waals surface area contributed by atoms with Crippen molar-refractivity contribution in [1.82, 2.24) is 9.97 Å². The number of ketones is 3. The zero-order valence-electron chi connectivity index (χ0n) is 12.8. The Kier molecular flexibility index (Phi) is 6.76. The van der Waals surface area contributed by atoms with E-state index < -0.39 is 5.92 Å². The quantitative estimate of drug-likeness (QED) is 0.810. The second kappa shape index (κ2) is 8.56. The van der Waals surface area contributed by atoms with Crippen molar-refractivity contribution in [2.24, 2.45) is 5.92 Å². The average molecular weight is 298 g/mol. The molecule has 0 aromatic carbocycles. The van der Waals surface area contributed by atoms with Gasteiger partial charge in [-0.1, -0.05) is 12.1 Å². The van der Waals surface area contributed by atoms with E-state index in [2.05, 4.69) is 9.97 Å².